The number of hydrogen-bond donors (Lipinski definition) is 0. The fraction of sp³-hybridized carbons (Fsp3) is 0.182. The lowest BCUT2D eigenvalue weighted by atomic mass is 10.0. The van der Waals surface area contributed by atoms with Crippen LogP contribution in [-0.4, -0.2) is 21.3 Å². The van der Waals surface area contributed by atoms with E-state index in [9.17, 15) is 13.2 Å². The molecule has 0 aliphatic heterocycles. The minimum atomic E-state index is -4.32. The molecule has 0 aliphatic rings. The van der Waals surface area contributed by atoms with Crippen LogP contribution in [-0.2, 0) is 6.18 Å². The summed E-state index contributed by atoms with van der Waals surface area (Å²) in [6, 6.07) is 4.28. The van der Waals surface area contributed by atoms with Crippen molar-refractivity contribution in [1.29, 1.82) is 0 Å². The molecule has 0 bridgehead atoms. The van der Waals surface area contributed by atoms with E-state index < -0.39 is 11.7 Å². The van der Waals surface area contributed by atoms with Gasteiger partial charge in [-0.2, -0.15) is 13.2 Å². The number of pyridine rings is 1. The van der Waals surface area contributed by atoms with Crippen LogP contribution < -0.4 is 4.43 Å². The Morgan fingerprint density at radius 3 is 2.50 bits per heavy atom. The van der Waals surface area contributed by atoms with Crippen molar-refractivity contribution in [3.05, 3.63) is 35.5 Å². The van der Waals surface area contributed by atoms with Crippen molar-refractivity contribution in [2.75, 3.05) is 0 Å². The van der Waals surface area contributed by atoms with E-state index in [0.29, 0.717) is 27.4 Å². The molecule has 0 amide bonds. The van der Waals surface area contributed by atoms with Crippen LogP contribution in [0.3, 0.4) is 0 Å². The Labute approximate surface area is 98.7 Å². The van der Waals surface area contributed by atoms with Crippen LogP contribution in [0.5, 0.6) is 0 Å². The Bertz CT molecular complexity index is 549. The molecule has 5 heteroatoms. The summed E-state index contributed by atoms with van der Waals surface area (Å²) in [6.07, 6.45) is -2.76. The number of fused-ring (bicyclic) bond motifs is 1. The summed E-state index contributed by atoms with van der Waals surface area (Å²) in [5.41, 5.74) is 0.518. The highest BCUT2D eigenvalue weighted by molar-refractivity contribution is 6.38. The molecule has 0 saturated carbocycles. The number of alkyl halides is 3. The molecule has 1 nitrogen and oxygen atoms in total. The summed E-state index contributed by atoms with van der Waals surface area (Å²) in [6.45, 7) is 1.68. The molecule has 1 heterocycles. The third kappa shape index (κ3) is 1.81. The zero-order valence-electron chi connectivity index (χ0n) is 8.89. The van der Waals surface area contributed by atoms with Gasteiger partial charge in [-0.15, -0.1) is 0 Å². The second-order valence-corrected chi connectivity index (χ2v) is 4.86. The third-order valence-corrected chi connectivity index (χ3v) is 3.41. The Morgan fingerprint density at radius 1 is 1.19 bits per heavy atom. The van der Waals surface area contributed by atoms with Gasteiger partial charge >= 0.3 is 6.18 Å². The van der Waals surface area contributed by atoms with Crippen molar-refractivity contribution < 1.29 is 13.2 Å². The number of aromatic nitrogens is 1. The maximum atomic E-state index is 12.8. The average Bonchev–Trinajstić information content (AvgIpc) is 2.18. The lowest BCUT2D eigenvalue weighted by Gasteiger charge is -2.13. The molecule has 0 fully saturated rings. The van der Waals surface area contributed by atoms with Gasteiger partial charge in [-0.25, -0.2) is 0 Å². The summed E-state index contributed by atoms with van der Waals surface area (Å²) in [7, 11) is 0. The molecule has 16 heavy (non-hydrogen) atoms. The van der Waals surface area contributed by atoms with E-state index in [1.54, 1.807) is 19.2 Å². The van der Waals surface area contributed by atoms with Crippen LogP contribution in [0, 0.1) is 6.92 Å². The van der Waals surface area contributed by atoms with Crippen LogP contribution >= 0.6 is 0 Å². The van der Waals surface area contributed by atoms with Gasteiger partial charge in [0.05, 0.1) is 11.1 Å². The number of nitrogens with zero attached hydrogens (tertiary/aromatic N) is 1. The maximum Gasteiger partial charge on any atom is 0.417 e. The van der Waals surface area contributed by atoms with E-state index in [0.717, 1.165) is 10.5 Å². The fourth-order valence-electron chi connectivity index (χ4n) is 1.80. The topological polar surface area (TPSA) is 12.9 Å². The van der Waals surface area contributed by atoms with Gasteiger partial charge in [-0.1, -0.05) is 16.6 Å². The van der Waals surface area contributed by atoms with Crippen LogP contribution in [0.15, 0.2) is 24.4 Å². The quantitative estimate of drug-likeness (QED) is 0.639. The van der Waals surface area contributed by atoms with Crippen LogP contribution in [0.2, 0.25) is 0 Å². The van der Waals surface area contributed by atoms with Crippen molar-refractivity contribution in [3.63, 3.8) is 0 Å². The SMILES string of the molecule is Cc1ccnc2[c]([AlH2])ccc(C(F)(F)F)c12. The monoisotopic (exact) mass is 239 g/mol. The molecule has 0 atom stereocenters. The first-order chi connectivity index (χ1) is 7.41. The molecule has 0 aliphatic carbocycles. The van der Waals surface area contributed by atoms with Gasteiger partial charge in [-0.3, -0.25) is 4.98 Å². The van der Waals surface area contributed by atoms with Gasteiger partial charge in [0.2, 0.25) is 0 Å². The highest BCUT2D eigenvalue weighted by Crippen LogP contribution is 2.34. The molecular formula is C11H9AlF3N. The molecule has 2 rings (SSSR count). The summed E-state index contributed by atoms with van der Waals surface area (Å²) in [5, 5.41) is 0.238. The van der Waals surface area contributed by atoms with Gasteiger partial charge in [0, 0.05) is 11.6 Å². The average molecular weight is 239 g/mol. The minimum Gasteiger partial charge on any atom is -0.258 e. The second kappa shape index (κ2) is 3.76. The maximum absolute atomic E-state index is 12.8. The minimum absolute atomic E-state index is 0.238. The molecule has 0 N–H and O–H groups in total. The Balaban J connectivity index is 2.92. The van der Waals surface area contributed by atoms with Gasteiger partial charge in [0.25, 0.3) is 16.3 Å². The van der Waals surface area contributed by atoms with Crippen LogP contribution in [0.4, 0.5) is 13.2 Å². The number of rotatable bonds is 0. The first kappa shape index (κ1) is 11.4. The largest absolute Gasteiger partial charge is 0.417 e. The van der Waals surface area contributed by atoms with Crippen LogP contribution in [0.25, 0.3) is 10.9 Å². The number of hydrogen-bond acceptors (Lipinski definition) is 1. The van der Waals surface area contributed by atoms with Crippen molar-refractivity contribution in [1.82, 2.24) is 4.98 Å². The van der Waals surface area contributed by atoms with E-state index in [4.69, 9.17) is 0 Å². The molecule has 0 radical (unpaired) electrons. The number of aryl methyl sites for hydroxylation is 1. The molecule has 1 aromatic heterocycles. The van der Waals surface area contributed by atoms with Gasteiger partial charge in [0.15, 0.2) is 0 Å². The van der Waals surface area contributed by atoms with Crippen LogP contribution in [0.1, 0.15) is 11.1 Å². The Kier molecular flexibility index (Phi) is 2.69. The van der Waals surface area contributed by atoms with Crippen molar-refractivity contribution >= 4 is 31.6 Å². The normalized spacial score (nSPS) is 12.0. The highest BCUT2D eigenvalue weighted by atomic mass is 27.0. The first-order valence-electron chi connectivity index (χ1n) is 4.83. The smallest absolute Gasteiger partial charge is 0.258 e. The zero-order chi connectivity index (χ0) is 11.9. The summed E-state index contributed by atoms with van der Waals surface area (Å²) >= 11 is 0.690. The van der Waals surface area contributed by atoms with E-state index >= 15 is 0 Å². The predicted molar refractivity (Wildman–Crippen MR) is 59.7 cm³/mol. The standard InChI is InChI=1S/C11H7F3N.Al.2H/c1-7-5-6-15-9-4-2-3-8(10(7)9)11(12,13)14;;;/h2-3,5-6H,1H3;;;. The summed E-state index contributed by atoms with van der Waals surface area (Å²) in [5.74, 6) is 0. The summed E-state index contributed by atoms with van der Waals surface area (Å²) < 4.78 is 39.3. The lowest BCUT2D eigenvalue weighted by Crippen LogP contribution is -2.13. The Morgan fingerprint density at radius 2 is 1.88 bits per heavy atom. The second-order valence-electron chi connectivity index (χ2n) is 3.78. The lowest BCUT2D eigenvalue weighted by molar-refractivity contribution is -0.136. The van der Waals surface area contributed by atoms with Gasteiger partial charge in [-0.05, 0) is 18.6 Å². The predicted octanol–water partition coefficient (Wildman–Crippen LogP) is 1.82. The van der Waals surface area contributed by atoms with E-state index in [1.807, 2.05) is 0 Å². The van der Waals surface area contributed by atoms with Crippen molar-refractivity contribution in [2.45, 2.75) is 13.1 Å². The zero-order valence-corrected chi connectivity index (χ0v) is 10.9. The molecule has 0 saturated heterocycles. The van der Waals surface area contributed by atoms with E-state index in [-0.39, 0.29) is 5.39 Å². The summed E-state index contributed by atoms with van der Waals surface area (Å²) in [4.78, 5) is 4.05. The first-order valence-corrected chi connectivity index (χ1v) is 5.83. The van der Waals surface area contributed by atoms with Crippen molar-refractivity contribution in [3.8, 4) is 0 Å². The van der Waals surface area contributed by atoms with E-state index in [2.05, 4.69) is 4.98 Å². The fourth-order valence-corrected chi connectivity index (χ4v) is 2.35. The number of benzene rings is 1. The van der Waals surface area contributed by atoms with Gasteiger partial charge < -0.3 is 0 Å². The third-order valence-electron chi connectivity index (χ3n) is 2.61. The van der Waals surface area contributed by atoms with E-state index in [1.165, 1.54) is 6.07 Å². The molecule has 0 spiro atoms. The molecule has 0 unspecified atom stereocenters. The Hall–Kier alpha value is -1.05. The highest BCUT2D eigenvalue weighted by Gasteiger charge is 2.33. The molecule has 82 valence electrons. The number of halogens is 3. The van der Waals surface area contributed by atoms with Crippen molar-refractivity contribution in [2.24, 2.45) is 0 Å². The molecule has 1 aromatic carbocycles. The molecular weight excluding hydrogens is 230 g/mol. The van der Waals surface area contributed by atoms with Gasteiger partial charge in [0.1, 0.15) is 0 Å². The molecule has 2 aromatic rings.